The van der Waals surface area contributed by atoms with Crippen molar-refractivity contribution in [3.63, 3.8) is 0 Å². The van der Waals surface area contributed by atoms with E-state index in [1.54, 1.807) is 18.3 Å². The van der Waals surface area contributed by atoms with Crippen LogP contribution in [0.4, 0.5) is 0 Å². The lowest BCUT2D eigenvalue weighted by Crippen LogP contribution is -2.19. The largest absolute Gasteiger partial charge is 0.490 e. The molecular formula is C25H22BrIN2O5. The number of carbonyl (C=O) groups excluding carboxylic acids is 1. The predicted molar refractivity (Wildman–Crippen MR) is 141 cm³/mol. The first-order chi connectivity index (χ1) is 16.5. The van der Waals surface area contributed by atoms with Gasteiger partial charge in [0.1, 0.15) is 6.61 Å². The van der Waals surface area contributed by atoms with Gasteiger partial charge in [0.15, 0.2) is 23.0 Å². The van der Waals surface area contributed by atoms with E-state index in [9.17, 15) is 4.79 Å². The molecule has 0 radical (unpaired) electrons. The fraction of sp³-hybridized carbons (Fsp3) is 0.200. The summed E-state index contributed by atoms with van der Waals surface area (Å²) in [5, 5.41) is 4.10. The highest BCUT2D eigenvalue weighted by molar-refractivity contribution is 14.1. The molecule has 0 unspecified atom stereocenters. The van der Waals surface area contributed by atoms with Crippen molar-refractivity contribution in [3.05, 3.63) is 79.3 Å². The highest BCUT2D eigenvalue weighted by Crippen LogP contribution is 2.35. The van der Waals surface area contributed by atoms with Crippen LogP contribution >= 0.6 is 38.5 Å². The smallest absolute Gasteiger partial charge is 0.244 e. The number of nitrogens with zero attached hydrogens (tertiary/aromatic N) is 1. The maximum Gasteiger partial charge on any atom is 0.244 e. The lowest BCUT2D eigenvalue weighted by Gasteiger charge is -2.15. The van der Waals surface area contributed by atoms with Gasteiger partial charge in [-0.2, -0.15) is 5.10 Å². The first kappa shape index (κ1) is 24.3. The van der Waals surface area contributed by atoms with Crippen LogP contribution in [0.2, 0.25) is 0 Å². The number of fused-ring (bicyclic) bond motifs is 1. The summed E-state index contributed by atoms with van der Waals surface area (Å²) >= 11 is 5.65. The Bertz CT molecular complexity index is 1200. The van der Waals surface area contributed by atoms with Gasteiger partial charge < -0.3 is 18.9 Å². The van der Waals surface area contributed by atoms with Crippen LogP contribution < -0.4 is 24.4 Å². The Hall–Kier alpha value is -2.79. The molecular weight excluding hydrogens is 615 g/mol. The van der Waals surface area contributed by atoms with Crippen molar-refractivity contribution >= 4 is 50.6 Å². The molecule has 176 valence electrons. The number of nitrogens with one attached hydrogen (secondary N) is 1. The van der Waals surface area contributed by atoms with E-state index in [2.05, 4.69) is 49.0 Å². The fourth-order valence-corrected chi connectivity index (χ4v) is 4.30. The van der Waals surface area contributed by atoms with Crippen molar-refractivity contribution in [2.24, 2.45) is 5.10 Å². The lowest BCUT2D eigenvalue weighted by molar-refractivity contribution is -0.120. The molecule has 4 rings (SSSR count). The Morgan fingerprint density at radius 3 is 2.65 bits per heavy atom. The summed E-state index contributed by atoms with van der Waals surface area (Å²) in [5.41, 5.74) is 5.22. The summed E-state index contributed by atoms with van der Waals surface area (Å²) in [4.78, 5) is 12.3. The zero-order valence-electron chi connectivity index (χ0n) is 18.3. The molecule has 0 spiro atoms. The Kier molecular flexibility index (Phi) is 8.28. The van der Waals surface area contributed by atoms with Crippen molar-refractivity contribution in [2.45, 2.75) is 20.0 Å². The molecule has 0 atom stereocenters. The summed E-state index contributed by atoms with van der Waals surface area (Å²) in [7, 11) is 0. The first-order valence-electron chi connectivity index (χ1n) is 10.6. The molecule has 1 amide bonds. The van der Waals surface area contributed by atoms with Crippen molar-refractivity contribution in [3.8, 4) is 23.0 Å². The maximum absolute atomic E-state index is 12.3. The van der Waals surface area contributed by atoms with Gasteiger partial charge in [-0.1, -0.05) is 34.1 Å². The molecule has 34 heavy (non-hydrogen) atoms. The minimum absolute atomic E-state index is 0.179. The lowest BCUT2D eigenvalue weighted by atomic mass is 10.1. The second kappa shape index (κ2) is 11.6. The zero-order chi connectivity index (χ0) is 23.9. The van der Waals surface area contributed by atoms with E-state index in [0.29, 0.717) is 36.2 Å². The van der Waals surface area contributed by atoms with Crippen LogP contribution in [-0.4, -0.2) is 25.5 Å². The summed E-state index contributed by atoms with van der Waals surface area (Å²) in [6.07, 6.45) is 1.76. The zero-order valence-corrected chi connectivity index (χ0v) is 22.1. The van der Waals surface area contributed by atoms with Crippen LogP contribution in [0, 0.1) is 3.57 Å². The number of halogens is 2. The number of rotatable bonds is 9. The van der Waals surface area contributed by atoms with E-state index in [-0.39, 0.29) is 19.1 Å². The Balaban J connectivity index is 1.38. The molecule has 0 aliphatic carbocycles. The average Bonchev–Trinajstić information content (AvgIpc) is 3.28. The minimum Gasteiger partial charge on any atom is -0.490 e. The van der Waals surface area contributed by atoms with Crippen LogP contribution in [0.5, 0.6) is 23.0 Å². The normalized spacial score (nSPS) is 12.1. The van der Waals surface area contributed by atoms with Gasteiger partial charge in [-0.25, -0.2) is 5.43 Å². The van der Waals surface area contributed by atoms with E-state index in [1.807, 2.05) is 49.4 Å². The van der Waals surface area contributed by atoms with Crippen LogP contribution in [0.25, 0.3) is 0 Å². The Morgan fingerprint density at radius 1 is 1.09 bits per heavy atom. The summed E-state index contributed by atoms with van der Waals surface area (Å²) in [6, 6.07) is 17.2. The van der Waals surface area contributed by atoms with Gasteiger partial charge in [-0.05, 0) is 82.6 Å². The van der Waals surface area contributed by atoms with Crippen LogP contribution in [0.15, 0.2) is 64.2 Å². The molecule has 0 saturated heterocycles. The third kappa shape index (κ3) is 6.41. The van der Waals surface area contributed by atoms with E-state index in [1.165, 1.54) is 0 Å². The van der Waals surface area contributed by atoms with Crippen LogP contribution in [-0.2, 0) is 17.8 Å². The molecule has 1 N–H and O–H groups in total. The number of hydrazone groups is 1. The molecule has 9 heteroatoms. The van der Waals surface area contributed by atoms with Gasteiger partial charge in [0.05, 0.1) is 22.8 Å². The van der Waals surface area contributed by atoms with Crippen LogP contribution in [0.1, 0.15) is 23.6 Å². The van der Waals surface area contributed by atoms with Crippen molar-refractivity contribution in [1.29, 1.82) is 0 Å². The molecule has 0 saturated carbocycles. The molecule has 1 heterocycles. The number of hydrogen-bond acceptors (Lipinski definition) is 6. The number of hydrogen-bond donors (Lipinski definition) is 1. The summed E-state index contributed by atoms with van der Waals surface area (Å²) in [5.74, 6) is 2.40. The standard InChI is InChI=1S/C25H22BrIN2O5/c1-2-31-23-11-18(9-20(27)25(23)32-14-16-3-6-19(26)7-4-16)13-28-29-24(30)12-17-5-8-21-22(10-17)34-15-33-21/h3-11,13H,2,12,14-15H2,1H3,(H,29,30)/b28-13-. The molecule has 1 aliphatic heterocycles. The average molecular weight is 637 g/mol. The Labute approximate surface area is 219 Å². The molecule has 0 fully saturated rings. The predicted octanol–water partition coefficient (Wildman–Crippen LogP) is 5.45. The topological polar surface area (TPSA) is 78.4 Å². The Morgan fingerprint density at radius 2 is 1.85 bits per heavy atom. The highest BCUT2D eigenvalue weighted by atomic mass is 127. The third-order valence-corrected chi connectivity index (χ3v) is 6.16. The number of carbonyl (C=O) groups is 1. The van der Waals surface area contributed by atoms with E-state index >= 15 is 0 Å². The van der Waals surface area contributed by atoms with Crippen molar-refractivity contribution in [2.75, 3.05) is 13.4 Å². The van der Waals surface area contributed by atoms with Crippen molar-refractivity contribution < 1.29 is 23.7 Å². The van der Waals surface area contributed by atoms with E-state index < -0.39 is 0 Å². The third-order valence-electron chi connectivity index (χ3n) is 4.83. The van der Waals surface area contributed by atoms with Crippen molar-refractivity contribution in [1.82, 2.24) is 5.43 Å². The highest BCUT2D eigenvalue weighted by Gasteiger charge is 2.15. The second-order valence-electron chi connectivity index (χ2n) is 7.34. The van der Waals surface area contributed by atoms with Gasteiger partial charge in [0.2, 0.25) is 12.7 Å². The van der Waals surface area contributed by atoms with Gasteiger partial charge in [0.25, 0.3) is 0 Å². The molecule has 0 aromatic heterocycles. The monoisotopic (exact) mass is 636 g/mol. The molecule has 3 aromatic rings. The van der Waals surface area contributed by atoms with Gasteiger partial charge >= 0.3 is 0 Å². The molecule has 0 bridgehead atoms. The quantitative estimate of drug-likeness (QED) is 0.192. The first-order valence-corrected chi connectivity index (χ1v) is 12.4. The van der Waals surface area contributed by atoms with Crippen LogP contribution in [0.3, 0.4) is 0 Å². The number of benzene rings is 3. The van der Waals surface area contributed by atoms with E-state index in [4.69, 9.17) is 18.9 Å². The minimum atomic E-state index is -0.232. The van der Waals surface area contributed by atoms with Gasteiger partial charge in [0, 0.05) is 4.47 Å². The maximum atomic E-state index is 12.3. The molecule has 1 aliphatic rings. The van der Waals surface area contributed by atoms with Gasteiger partial charge in [-0.3, -0.25) is 4.79 Å². The number of amides is 1. The van der Waals surface area contributed by atoms with E-state index in [0.717, 1.165) is 24.7 Å². The summed E-state index contributed by atoms with van der Waals surface area (Å²) < 4.78 is 24.4. The van der Waals surface area contributed by atoms with Gasteiger partial charge in [-0.15, -0.1) is 0 Å². The molecule has 3 aromatic carbocycles. The second-order valence-corrected chi connectivity index (χ2v) is 9.41. The summed E-state index contributed by atoms with van der Waals surface area (Å²) in [6.45, 7) is 3.04. The SMILES string of the molecule is CCOc1cc(/C=N\NC(=O)Cc2ccc3c(c2)OCO3)cc(I)c1OCc1ccc(Br)cc1. The number of ether oxygens (including phenoxy) is 4. The fourth-order valence-electron chi connectivity index (χ4n) is 3.26. The molecule has 7 nitrogen and oxygen atoms in total.